The van der Waals surface area contributed by atoms with Crippen LogP contribution in [-0.4, -0.2) is 42.7 Å². The van der Waals surface area contributed by atoms with Gasteiger partial charge in [0, 0.05) is 19.1 Å². The van der Waals surface area contributed by atoms with Crippen LogP contribution in [0, 0.1) is 5.82 Å². The van der Waals surface area contributed by atoms with Crippen LogP contribution >= 0.6 is 0 Å². The van der Waals surface area contributed by atoms with Crippen molar-refractivity contribution in [3.63, 3.8) is 0 Å². The quantitative estimate of drug-likeness (QED) is 0.876. The van der Waals surface area contributed by atoms with Crippen LogP contribution in [0.3, 0.4) is 0 Å². The van der Waals surface area contributed by atoms with Gasteiger partial charge in [-0.15, -0.1) is 0 Å². The van der Waals surface area contributed by atoms with Gasteiger partial charge in [0.1, 0.15) is 12.0 Å². The third kappa shape index (κ3) is 5.37. The Labute approximate surface area is 130 Å². The molecule has 1 amide bonds. The summed E-state index contributed by atoms with van der Waals surface area (Å²) in [5.41, 5.74) is 1.01. The highest BCUT2D eigenvalue weighted by Gasteiger charge is 2.21. The lowest BCUT2D eigenvalue weighted by Gasteiger charge is -2.28. The van der Waals surface area contributed by atoms with E-state index >= 15 is 0 Å². The minimum absolute atomic E-state index is 0.0220. The molecule has 1 saturated heterocycles. The van der Waals surface area contributed by atoms with Crippen LogP contribution in [0.15, 0.2) is 24.3 Å². The number of nitrogens with one attached hydrogen (secondary N) is 1. The van der Waals surface area contributed by atoms with Crippen molar-refractivity contribution in [1.29, 1.82) is 0 Å². The number of benzene rings is 1. The van der Waals surface area contributed by atoms with Gasteiger partial charge in [-0.2, -0.15) is 0 Å². The van der Waals surface area contributed by atoms with E-state index in [1.54, 1.807) is 12.1 Å². The number of alkyl halides is 1. The van der Waals surface area contributed by atoms with Crippen molar-refractivity contribution in [2.45, 2.75) is 44.8 Å². The largest absolute Gasteiger partial charge is 0.352 e. The molecular weight excluding hydrogens is 286 g/mol. The Balaban J connectivity index is 1.79. The van der Waals surface area contributed by atoms with Crippen molar-refractivity contribution >= 4 is 5.91 Å². The van der Waals surface area contributed by atoms with E-state index in [1.807, 2.05) is 11.8 Å². The number of halogens is 2. The average molecular weight is 310 g/mol. The van der Waals surface area contributed by atoms with Gasteiger partial charge < -0.3 is 5.32 Å². The summed E-state index contributed by atoms with van der Waals surface area (Å²) in [6.45, 7) is 3.63. The number of piperidine rings is 1. The average Bonchev–Trinajstić information content (AvgIpc) is 2.51. The molecule has 0 unspecified atom stereocenters. The molecule has 1 heterocycles. The predicted molar refractivity (Wildman–Crippen MR) is 82.9 cm³/mol. The Bertz CT molecular complexity index is 470. The summed E-state index contributed by atoms with van der Waals surface area (Å²) in [4.78, 5) is 14.1. The minimum atomic E-state index is -0.721. The summed E-state index contributed by atoms with van der Waals surface area (Å²) in [6, 6.07) is 6.40. The highest BCUT2D eigenvalue weighted by molar-refractivity contribution is 5.78. The molecule has 1 fully saturated rings. The molecule has 5 heteroatoms. The molecule has 122 valence electrons. The second-order valence-electron chi connectivity index (χ2n) is 5.95. The Morgan fingerprint density at radius 3 is 2.55 bits per heavy atom. The van der Waals surface area contributed by atoms with E-state index < -0.39 is 6.17 Å². The predicted octanol–water partition coefficient (Wildman–Crippen LogP) is 2.70. The summed E-state index contributed by atoms with van der Waals surface area (Å²) in [5.74, 6) is -0.275. The molecule has 0 bridgehead atoms. The van der Waals surface area contributed by atoms with E-state index in [4.69, 9.17) is 0 Å². The molecule has 0 aliphatic carbocycles. The van der Waals surface area contributed by atoms with Crippen molar-refractivity contribution in [2.24, 2.45) is 0 Å². The second kappa shape index (κ2) is 8.22. The molecule has 1 aromatic rings. The van der Waals surface area contributed by atoms with Crippen molar-refractivity contribution in [3.8, 4) is 0 Å². The second-order valence-corrected chi connectivity index (χ2v) is 5.95. The zero-order chi connectivity index (χ0) is 15.9. The van der Waals surface area contributed by atoms with Crippen LogP contribution in [0.4, 0.5) is 8.78 Å². The standard InChI is InChI=1S/C17H24F2N2O/c1-2-16(11-13-3-5-14(18)6-4-13)20-17(22)12-21-9-7-15(19)8-10-21/h3-6,15-16H,2,7-12H2,1H3,(H,20,22)/t16-/m0/s1. The molecule has 1 N–H and O–H groups in total. The molecule has 1 aliphatic rings. The third-order valence-corrected chi connectivity index (χ3v) is 4.14. The number of hydrogen-bond donors (Lipinski definition) is 1. The number of rotatable bonds is 6. The van der Waals surface area contributed by atoms with Gasteiger partial charge >= 0.3 is 0 Å². The van der Waals surface area contributed by atoms with E-state index in [9.17, 15) is 13.6 Å². The van der Waals surface area contributed by atoms with Gasteiger partial charge in [-0.3, -0.25) is 9.69 Å². The highest BCUT2D eigenvalue weighted by atomic mass is 19.1. The van der Waals surface area contributed by atoms with Crippen LogP contribution in [0.25, 0.3) is 0 Å². The summed E-state index contributed by atoms with van der Waals surface area (Å²) in [5, 5.41) is 3.02. The van der Waals surface area contributed by atoms with Crippen molar-refractivity contribution < 1.29 is 13.6 Å². The lowest BCUT2D eigenvalue weighted by molar-refractivity contribution is -0.123. The van der Waals surface area contributed by atoms with E-state index in [1.165, 1.54) is 12.1 Å². The van der Waals surface area contributed by atoms with E-state index in [-0.39, 0.29) is 17.8 Å². The Morgan fingerprint density at radius 1 is 1.32 bits per heavy atom. The number of carbonyl (C=O) groups is 1. The molecule has 1 atom stereocenters. The lowest BCUT2D eigenvalue weighted by atomic mass is 10.0. The van der Waals surface area contributed by atoms with Gasteiger partial charge in [0.2, 0.25) is 5.91 Å². The summed E-state index contributed by atoms with van der Waals surface area (Å²) >= 11 is 0. The zero-order valence-electron chi connectivity index (χ0n) is 13.0. The fraction of sp³-hybridized carbons (Fsp3) is 0.588. The van der Waals surface area contributed by atoms with Crippen LogP contribution in [0.1, 0.15) is 31.7 Å². The van der Waals surface area contributed by atoms with Gasteiger partial charge in [-0.05, 0) is 43.4 Å². The monoisotopic (exact) mass is 310 g/mol. The summed E-state index contributed by atoms with van der Waals surface area (Å²) in [6.07, 6.45) is 1.81. The van der Waals surface area contributed by atoms with Gasteiger partial charge in [0.05, 0.1) is 6.54 Å². The smallest absolute Gasteiger partial charge is 0.234 e. The van der Waals surface area contributed by atoms with Crippen LogP contribution in [-0.2, 0) is 11.2 Å². The van der Waals surface area contributed by atoms with Crippen molar-refractivity contribution in [1.82, 2.24) is 10.2 Å². The maximum atomic E-state index is 13.1. The van der Waals surface area contributed by atoms with Gasteiger partial charge in [0.25, 0.3) is 0 Å². The molecule has 3 nitrogen and oxygen atoms in total. The Hall–Kier alpha value is -1.49. The molecule has 22 heavy (non-hydrogen) atoms. The molecule has 0 radical (unpaired) electrons. The summed E-state index contributed by atoms with van der Waals surface area (Å²) in [7, 11) is 0. The Kier molecular flexibility index (Phi) is 6.31. The minimum Gasteiger partial charge on any atom is -0.352 e. The topological polar surface area (TPSA) is 32.3 Å². The first-order valence-electron chi connectivity index (χ1n) is 7.97. The first kappa shape index (κ1) is 16.9. The van der Waals surface area contributed by atoms with Crippen LogP contribution in [0.2, 0.25) is 0 Å². The third-order valence-electron chi connectivity index (χ3n) is 4.14. The zero-order valence-corrected chi connectivity index (χ0v) is 13.0. The molecule has 2 rings (SSSR count). The normalized spacial score (nSPS) is 18.1. The number of carbonyl (C=O) groups excluding carboxylic acids is 1. The maximum Gasteiger partial charge on any atom is 0.234 e. The Morgan fingerprint density at radius 2 is 1.95 bits per heavy atom. The van der Waals surface area contributed by atoms with Crippen molar-refractivity contribution in [2.75, 3.05) is 19.6 Å². The fourth-order valence-electron chi connectivity index (χ4n) is 2.74. The number of likely N-dealkylation sites (tertiary alicyclic amines) is 1. The van der Waals surface area contributed by atoms with Gasteiger partial charge in [0.15, 0.2) is 0 Å². The molecule has 1 aromatic carbocycles. The van der Waals surface area contributed by atoms with Crippen LogP contribution in [0.5, 0.6) is 0 Å². The fourth-order valence-corrected chi connectivity index (χ4v) is 2.74. The van der Waals surface area contributed by atoms with E-state index in [0.29, 0.717) is 38.9 Å². The SMILES string of the molecule is CC[C@@H](Cc1ccc(F)cc1)NC(=O)CN1CCC(F)CC1. The molecule has 0 spiro atoms. The summed E-state index contributed by atoms with van der Waals surface area (Å²) < 4.78 is 26.0. The molecular formula is C17H24F2N2O. The molecule has 0 saturated carbocycles. The number of amides is 1. The molecule has 0 aromatic heterocycles. The highest BCUT2D eigenvalue weighted by Crippen LogP contribution is 2.13. The van der Waals surface area contributed by atoms with Crippen molar-refractivity contribution in [3.05, 3.63) is 35.6 Å². The number of nitrogens with zero attached hydrogens (tertiary/aromatic N) is 1. The first-order valence-corrected chi connectivity index (χ1v) is 7.97. The maximum absolute atomic E-state index is 13.1. The van der Waals surface area contributed by atoms with Gasteiger partial charge in [-0.25, -0.2) is 8.78 Å². The lowest BCUT2D eigenvalue weighted by Crippen LogP contribution is -2.45. The van der Waals surface area contributed by atoms with Gasteiger partial charge in [-0.1, -0.05) is 19.1 Å². The van der Waals surface area contributed by atoms with E-state index in [2.05, 4.69) is 5.32 Å². The first-order chi connectivity index (χ1) is 10.6. The van der Waals surface area contributed by atoms with E-state index in [0.717, 1.165) is 12.0 Å². The molecule has 1 aliphatic heterocycles. The van der Waals surface area contributed by atoms with Crippen LogP contribution < -0.4 is 5.32 Å². The number of hydrogen-bond acceptors (Lipinski definition) is 2.